The van der Waals surface area contributed by atoms with Crippen LogP contribution in [0.3, 0.4) is 0 Å². The number of hydrogen-bond donors (Lipinski definition) is 2. The van der Waals surface area contributed by atoms with Gasteiger partial charge < -0.3 is 14.9 Å². The average molecular weight is 132 g/mol. The number of carbonyl (C=O) groups excluding carboxylic acids is 1. The molecule has 4 heteroatoms. The number of carbonyl (C=O) groups is 1. The van der Waals surface area contributed by atoms with Crippen LogP contribution < -0.4 is 0 Å². The molecule has 2 atom stereocenters. The summed E-state index contributed by atoms with van der Waals surface area (Å²) in [6.07, 6.45) is -2.27. The van der Waals surface area contributed by atoms with Crippen LogP contribution in [0, 0.1) is 0 Å². The Bertz CT molecular complexity index is 122. The summed E-state index contributed by atoms with van der Waals surface area (Å²) in [5, 5.41) is 17.5. The van der Waals surface area contributed by atoms with E-state index in [2.05, 4.69) is 4.74 Å². The van der Waals surface area contributed by atoms with E-state index >= 15 is 0 Å². The molecule has 0 aromatic heterocycles. The molecule has 1 rings (SSSR count). The van der Waals surface area contributed by atoms with E-state index in [4.69, 9.17) is 10.2 Å². The normalized spacial score (nSPS) is 36.9. The first-order valence-corrected chi connectivity index (χ1v) is 2.68. The van der Waals surface area contributed by atoms with Crippen molar-refractivity contribution in [1.82, 2.24) is 0 Å². The van der Waals surface area contributed by atoms with Crippen molar-refractivity contribution in [2.75, 3.05) is 13.2 Å². The van der Waals surface area contributed by atoms with Gasteiger partial charge in [0.2, 0.25) is 0 Å². The first-order valence-electron chi connectivity index (χ1n) is 2.68. The Kier molecular flexibility index (Phi) is 1.80. The van der Waals surface area contributed by atoms with Gasteiger partial charge in [0, 0.05) is 0 Å². The molecule has 0 radical (unpaired) electrons. The maximum Gasteiger partial charge on any atom is 0.189 e. The highest BCUT2D eigenvalue weighted by Gasteiger charge is 2.28. The summed E-state index contributed by atoms with van der Waals surface area (Å²) in [4.78, 5) is 10.5. The van der Waals surface area contributed by atoms with E-state index in [-0.39, 0.29) is 13.2 Å². The maximum atomic E-state index is 10.5. The largest absolute Gasteiger partial charge is 0.388 e. The van der Waals surface area contributed by atoms with E-state index < -0.39 is 18.0 Å². The van der Waals surface area contributed by atoms with Gasteiger partial charge >= 0.3 is 0 Å². The Morgan fingerprint density at radius 3 is 2.67 bits per heavy atom. The number of ketones is 1. The Morgan fingerprint density at radius 2 is 2.22 bits per heavy atom. The van der Waals surface area contributed by atoms with Crippen molar-refractivity contribution >= 4 is 5.78 Å². The van der Waals surface area contributed by atoms with Crippen LogP contribution in [0.15, 0.2) is 0 Å². The second-order valence-electron chi connectivity index (χ2n) is 1.99. The van der Waals surface area contributed by atoms with Gasteiger partial charge in [-0.2, -0.15) is 0 Å². The van der Waals surface area contributed by atoms with Crippen LogP contribution in [0.25, 0.3) is 0 Å². The standard InChI is InChI=1S/C5H8O4/c6-3-1-9-2-4(7)5(3)8/h3,5-6,8H,1-2H2/t3?,5-/m0/s1. The molecule has 0 saturated carbocycles. The summed E-state index contributed by atoms with van der Waals surface area (Å²) in [5.74, 6) is -0.450. The van der Waals surface area contributed by atoms with Crippen LogP contribution in [0.4, 0.5) is 0 Å². The van der Waals surface area contributed by atoms with E-state index in [1.807, 2.05) is 0 Å². The zero-order valence-corrected chi connectivity index (χ0v) is 4.78. The lowest BCUT2D eigenvalue weighted by Crippen LogP contribution is -2.44. The average Bonchev–Trinajstić information content (AvgIpc) is 1.83. The summed E-state index contributed by atoms with van der Waals surface area (Å²) < 4.78 is 4.60. The molecule has 0 aromatic rings. The van der Waals surface area contributed by atoms with Crippen molar-refractivity contribution in [3.8, 4) is 0 Å². The Labute approximate surface area is 52.1 Å². The Hall–Kier alpha value is -0.450. The van der Waals surface area contributed by atoms with Crippen molar-refractivity contribution in [3.63, 3.8) is 0 Å². The third-order valence-corrected chi connectivity index (χ3v) is 1.23. The highest BCUT2D eigenvalue weighted by atomic mass is 16.5. The van der Waals surface area contributed by atoms with Gasteiger partial charge in [0.1, 0.15) is 18.8 Å². The van der Waals surface area contributed by atoms with Gasteiger partial charge in [-0.25, -0.2) is 0 Å². The van der Waals surface area contributed by atoms with Gasteiger partial charge in [-0.3, -0.25) is 4.79 Å². The molecule has 1 fully saturated rings. The number of Topliss-reactive ketones (excluding diaryl/α,β-unsaturated/α-hetero) is 1. The predicted octanol–water partition coefficient (Wildman–Crippen LogP) is -1.69. The van der Waals surface area contributed by atoms with Gasteiger partial charge in [0.15, 0.2) is 5.78 Å². The molecule has 0 spiro atoms. The summed E-state index contributed by atoms with van der Waals surface area (Å²) in [6, 6.07) is 0. The predicted molar refractivity (Wildman–Crippen MR) is 27.8 cm³/mol. The minimum atomic E-state index is -1.24. The van der Waals surface area contributed by atoms with Gasteiger partial charge in [-0.15, -0.1) is 0 Å². The number of rotatable bonds is 0. The minimum absolute atomic E-state index is 0.0485. The minimum Gasteiger partial charge on any atom is -0.388 e. The SMILES string of the molecule is O=C1COCC(O)[C@@H]1O. The monoisotopic (exact) mass is 132 g/mol. The molecule has 2 N–H and O–H groups in total. The number of aliphatic hydroxyl groups excluding tert-OH is 2. The molecule has 0 aromatic carbocycles. The Balaban J connectivity index is 2.51. The van der Waals surface area contributed by atoms with Crippen molar-refractivity contribution in [1.29, 1.82) is 0 Å². The number of hydrogen-bond acceptors (Lipinski definition) is 4. The number of ether oxygens (including phenoxy) is 1. The molecular weight excluding hydrogens is 124 g/mol. The molecule has 1 aliphatic rings. The van der Waals surface area contributed by atoms with Gasteiger partial charge in [0.05, 0.1) is 6.61 Å². The molecule has 9 heavy (non-hydrogen) atoms. The molecule has 0 amide bonds. The van der Waals surface area contributed by atoms with Crippen LogP contribution >= 0.6 is 0 Å². The number of aliphatic hydroxyl groups is 2. The molecule has 1 unspecified atom stereocenters. The third kappa shape index (κ3) is 1.27. The summed E-state index contributed by atoms with van der Waals surface area (Å²) >= 11 is 0. The molecule has 4 nitrogen and oxygen atoms in total. The molecule has 0 bridgehead atoms. The van der Waals surface area contributed by atoms with Gasteiger partial charge in [-0.05, 0) is 0 Å². The van der Waals surface area contributed by atoms with E-state index in [0.717, 1.165) is 0 Å². The lowest BCUT2D eigenvalue weighted by Gasteiger charge is -2.21. The van der Waals surface area contributed by atoms with Crippen LogP contribution in [0.5, 0.6) is 0 Å². The molecule has 1 heterocycles. The van der Waals surface area contributed by atoms with E-state index in [1.54, 1.807) is 0 Å². The molecule has 1 aliphatic heterocycles. The highest BCUT2D eigenvalue weighted by Crippen LogP contribution is 2.02. The molecule has 1 saturated heterocycles. The van der Waals surface area contributed by atoms with Crippen molar-refractivity contribution in [2.45, 2.75) is 12.2 Å². The summed E-state index contributed by atoms with van der Waals surface area (Å²) in [5.41, 5.74) is 0. The van der Waals surface area contributed by atoms with Gasteiger partial charge in [0.25, 0.3) is 0 Å². The first-order chi connectivity index (χ1) is 4.22. The zero-order chi connectivity index (χ0) is 6.85. The topological polar surface area (TPSA) is 66.8 Å². The molecule has 0 aliphatic carbocycles. The third-order valence-electron chi connectivity index (χ3n) is 1.23. The molecular formula is C5H8O4. The fraction of sp³-hybridized carbons (Fsp3) is 0.800. The lowest BCUT2D eigenvalue weighted by atomic mass is 10.1. The lowest BCUT2D eigenvalue weighted by molar-refractivity contribution is -0.151. The maximum absolute atomic E-state index is 10.5. The van der Waals surface area contributed by atoms with E-state index in [1.165, 1.54) is 0 Å². The summed E-state index contributed by atoms with van der Waals surface area (Å²) in [7, 11) is 0. The highest BCUT2D eigenvalue weighted by molar-refractivity contribution is 5.85. The van der Waals surface area contributed by atoms with Crippen LogP contribution in [0.2, 0.25) is 0 Å². The van der Waals surface area contributed by atoms with Crippen LogP contribution in [0.1, 0.15) is 0 Å². The van der Waals surface area contributed by atoms with Crippen LogP contribution in [-0.2, 0) is 9.53 Å². The summed E-state index contributed by atoms with van der Waals surface area (Å²) in [6.45, 7) is -0.0366. The fourth-order valence-corrected chi connectivity index (χ4v) is 0.671. The van der Waals surface area contributed by atoms with E-state index in [9.17, 15) is 4.79 Å². The van der Waals surface area contributed by atoms with E-state index in [0.29, 0.717) is 0 Å². The Morgan fingerprint density at radius 1 is 1.56 bits per heavy atom. The van der Waals surface area contributed by atoms with Gasteiger partial charge in [-0.1, -0.05) is 0 Å². The first kappa shape index (κ1) is 6.67. The smallest absolute Gasteiger partial charge is 0.189 e. The van der Waals surface area contributed by atoms with Crippen molar-refractivity contribution < 1.29 is 19.7 Å². The van der Waals surface area contributed by atoms with Crippen molar-refractivity contribution in [3.05, 3.63) is 0 Å². The van der Waals surface area contributed by atoms with Crippen molar-refractivity contribution in [2.24, 2.45) is 0 Å². The quantitative estimate of drug-likeness (QED) is 0.412. The second-order valence-corrected chi connectivity index (χ2v) is 1.99. The fourth-order valence-electron chi connectivity index (χ4n) is 0.671. The molecule has 52 valence electrons. The zero-order valence-electron chi connectivity index (χ0n) is 4.78. The second kappa shape index (κ2) is 2.43. The van der Waals surface area contributed by atoms with Crippen LogP contribution in [-0.4, -0.2) is 41.4 Å².